The minimum absolute atomic E-state index is 0.182. The summed E-state index contributed by atoms with van der Waals surface area (Å²) in [6, 6.07) is 7.64. The molecule has 1 fully saturated rings. The molecule has 1 atom stereocenters. The molecule has 1 aliphatic rings. The van der Waals surface area contributed by atoms with Gasteiger partial charge in [0, 0.05) is 0 Å². The van der Waals surface area contributed by atoms with Crippen molar-refractivity contribution in [2.75, 3.05) is 20.2 Å². The first kappa shape index (κ1) is 12.9. The lowest BCUT2D eigenvalue weighted by Gasteiger charge is -2.29. The average molecular weight is 248 g/mol. The second kappa shape index (κ2) is 5.87. The number of nitrogens with two attached hydrogens (primary N) is 1. The Kier molecular flexibility index (Phi) is 4.20. The van der Waals surface area contributed by atoms with Crippen molar-refractivity contribution in [3.8, 4) is 5.75 Å². The first-order chi connectivity index (χ1) is 8.72. The highest BCUT2D eigenvalue weighted by atomic mass is 16.5. The normalized spacial score (nSPS) is 18.3. The van der Waals surface area contributed by atoms with E-state index in [9.17, 15) is 4.79 Å². The Bertz CT molecular complexity index is 397. The van der Waals surface area contributed by atoms with Gasteiger partial charge in [0.15, 0.2) is 0 Å². The number of methoxy groups -OCH3 is 1. The number of primary amides is 1. The summed E-state index contributed by atoms with van der Waals surface area (Å²) in [5.41, 5.74) is 6.58. The van der Waals surface area contributed by atoms with Gasteiger partial charge < -0.3 is 15.8 Å². The fraction of sp³-hybridized carbons (Fsp3) is 0.500. The first-order valence-corrected chi connectivity index (χ1v) is 6.36. The third-order valence-corrected chi connectivity index (χ3v) is 3.64. The Hall–Kier alpha value is -1.55. The first-order valence-electron chi connectivity index (χ1n) is 6.36. The molecular formula is C14H20N2O2. The van der Waals surface area contributed by atoms with E-state index in [2.05, 4.69) is 5.32 Å². The van der Waals surface area contributed by atoms with Crippen LogP contribution < -0.4 is 15.8 Å². The smallest absolute Gasteiger partial charge is 0.225 e. The standard InChI is InChI=1S/C14H20N2O2/c1-18-12-4-2-10(3-5-12)13(14(15)17)11-6-8-16-9-7-11/h2-5,11,13,16H,6-9H2,1H3,(H2,15,17). The number of hydrogen-bond donors (Lipinski definition) is 2. The number of carbonyl (C=O) groups excluding carboxylic acids is 1. The zero-order valence-electron chi connectivity index (χ0n) is 10.7. The van der Waals surface area contributed by atoms with Gasteiger partial charge in [-0.2, -0.15) is 0 Å². The second-order valence-corrected chi connectivity index (χ2v) is 4.74. The molecule has 4 heteroatoms. The lowest BCUT2D eigenvalue weighted by Crippen LogP contribution is -2.36. The van der Waals surface area contributed by atoms with Gasteiger partial charge in [0.2, 0.25) is 5.91 Å². The summed E-state index contributed by atoms with van der Waals surface area (Å²) in [4.78, 5) is 11.7. The Labute approximate surface area is 108 Å². The topological polar surface area (TPSA) is 64.3 Å². The number of benzene rings is 1. The molecule has 3 N–H and O–H groups in total. The molecule has 1 unspecified atom stereocenters. The number of hydrogen-bond acceptors (Lipinski definition) is 3. The van der Waals surface area contributed by atoms with Gasteiger partial charge in [-0.15, -0.1) is 0 Å². The summed E-state index contributed by atoms with van der Waals surface area (Å²) in [5, 5.41) is 3.31. The van der Waals surface area contributed by atoms with Crippen molar-refractivity contribution in [3.63, 3.8) is 0 Å². The molecule has 1 amide bonds. The number of piperidine rings is 1. The summed E-state index contributed by atoms with van der Waals surface area (Å²) in [7, 11) is 1.63. The molecule has 2 rings (SSSR count). The van der Waals surface area contributed by atoms with Crippen molar-refractivity contribution >= 4 is 5.91 Å². The summed E-state index contributed by atoms with van der Waals surface area (Å²) < 4.78 is 5.13. The van der Waals surface area contributed by atoms with Gasteiger partial charge in [0.05, 0.1) is 13.0 Å². The maximum atomic E-state index is 11.7. The van der Waals surface area contributed by atoms with Gasteiger partial charge in [-0.1, -0.05) is 12.1 Å². The monoisotopic (exact) mass is 248 g/mol. The van der Waals surface area contributed by atoms with Crippen molar-refractivity contribution in [2.24, 2.45) is 11.7 Å². The number of amides is 1. The molecule has 0 spiro atoms. The maximum Gasteiger partial charge on any atom is 0.225 e. The highest BCUT2D eigenvalue weighted by molar-refractivity contribution is 5.82. The van der Waals surface area contributed by atoms with E-state index < -0.39 is 0 Å². The van der Waals surface area contributed by atoms with E-state index in [0.29, 0.717) is 5.92 Å². The highest BCUT2D eigenvalue weighted by Crippen LogP contribution is 2.31. The Morgan fingerprint density at radius 3 is 2.44 bits per heavy atom. The van der Waals surface area contributed by atoms with Crippen LogP contribution in [0.4, 0.5) is 0 Å². The molecule has 1 aliphatic heterocycles. The van der Waals surface area contributed by atoms with Crippen LogP contribution in [0.25, 0.3) is 0 Å². The van der Waals surface area contributed by atoms with Crippen LogP contribution in [0.2, 0.25) is 0 Å². The van der Waals surface area contributed by atoms with E-state index in [4.69, 9.17) is 10.5 Å². The second-order valence-electron chi connectivity index (χ2n) is 4.74. The highest BCUT2D eigenvalue weighted by Gasteiger charge is 2.29. The van der Waals surface area contributed by atoms with Gasteiger partial charge in [-0.25, -0.2) is 0 Å². The fourth-order valence-corrected chi connectivity index (χ4v) is 2.66. The van der Waals surface area contributed by atoms with Crippen LogP contribution in [-0.2, 0) is 4.79 Å². The van der Waals surface area contributed by atoms with Crippen molar-refractivity contribution in [1.82, 2.24) is 5.32 Å². The van der Waals surface area contributed by atoms with Crippen molar-refractivity contribution in [1.29, 1.82) is 0 Å². The van der Waals surface area contributed by atoms with Crippen LogP contribution in [0.1, 0.15) is 24.3 Å². The van der Waals surface area contributed by atoms with Crippen molar-refractivity contribution in [2.45, 2.75) is 18.8 Å². The van der Waals surface area contributed by atoms with Gasteiger partial charge in [-0.3, -0.25) is 4.79 Å². The zero-order chi connectivity index (χ0) is 13.0. The molecule has 1 saturated heterocycles. The number of ether oxygens (including phenoxy) is 1. The predicted octanol–water partition coefficient (Wildman–Crippen LogP) is 1.26. The van der Waals surface area contributed by atoms with Crippen molar-refractivity contribution in [3.05, 3.63) is 29.8 Å². The predicted molar refractivity (Wildman–Crippen MR) is 70.5 cm³/mol. The molecule has 0 saturated carbocycles. The SMILES string of the molecule is COc1ccc(C(C(N)=O)C2CCNCC2)cc1. The molecule has 1 aromatic carbocycles. The molecule has 0 radical (unpaired) electrons. The van der Waals surface area contributed by atoms with Gasteiger partial charge >= 0.3 is 0 Å². The van der Waals surface area contributed by atoms with E-state index >= 15 is 0 Å². The average Bonchev–Trinajstić information content (AvgIpc) is 2.40. The third kappa shape index (κ3) is 2.82. The Balaban J connectivity index is 2.20. The van der Waals surface area contributed by atoms with E-state index in [1.165, 1.54) is 0 Å². The van der Waals surface area contributed by atoms with Gasteiger partial charge in [-0.05, 0) is 49.5 Å². The molecule has 1 heterocycles. The Morgan fingerprint density at radius 2 is 1.94 bits per heavy atom. The fourth-order valence-electron chi connectivity index (χ4n) is 2.66. The number of carbonyl (C=O) groups is 1. The van der Waals surface area contributed by atoms with Gasteiger partial charge in [0.1, 0.15) is 5.75 Å². The molecule has 18 heavy (non-hydrogen) atoms. The summed E-state index contributed by atoms with van der Waals surface area (Å²) in [6.45, 7) is 1.93. The minimum Gasteiger partial charge on any atom is -0.497 e. The number of nitrogens with one attached hydrogen (secondary N) is 1. The molecule has 98 valence electrons. The lowest BCUT2D eigenvalue weighted by molar-refractivity contribution is -0.120. The zero-order valence-corrected chi connectivity index (χ0v) is 10.7. The van der Waals surface area contributed by atoms with Crippen LogP contribution in [0.3, 0.4) is 0 Å². The van der Waals surface area contributed by atoms with Crippen LogP contribution in [0, 0.1) is 5.92 Å². The summed E-state index contributed by atoms with van der Waals surface area (Å²) in [5.74, 6) is 0.731. The van der Waals surface area contributed by atoms with E-state index in [1.54, 1.807) is 7.11 Å². The lowest BCUT2D eigenvalue weighted by atomic mass is 9.80. The quantitative estimate of drug-likeness (QED) is 0.843. The Morgan fingerprint density at radius 1 is 1.33 bits per heavy atom. The maximum absolute atomic E-state index is 11.7. The third-order valence-electron chi connectivity index (χ3n) is 3.64. The van der Waals surface area contributed by atoms with E-state index in [0.717, 1.165) is 37.2 Å². The minimum atomic E-state index is -0.230. The largest absolute Gasteiger partial charge is 0.497 e. The van der Waals surface area contributed by atoms with Crippen molar-refractivity contribution < 1.29 is 9.53 Å². The molecule has 0 aromatic heterocycles. The molecule has 4 nitrogen and oxygen atoms in total. The molecule has 0 bridgehead atoms. The summed E-state index contributed by atoms with van der Waals surface area (Å²) in [6.07, 6.45) is 2.00. The summed E-state index contributed by atoms with van der Waals surface area (Å²) >= 11 is 0. The van der Waals surface area contributed by atoms with E-state index in [1.807, 2.05) is 24.3 Å². The van der Waals surface area contributed by atoms with Crippen LogP contribution in [0.5, 0.6) is 5.75 Å². The molecule has 0 aliphatic carbocycles. The van der Waals surface area contributed by atoms with Crippen LogP contribution in [-0.4, -0.2) is 26.1 Å². The van der Waals surface area contributed by atoms with E-state index in [-0.39, 0.29) is 11.8 Å². The van der Waals surface area contributed by atoms with Crippen LogP contribution >= 0.6 is 0 Å². The number of rotatable bonds is 4. The van der Waals surface area contributed by atoms with Gasteiger partial charge in [0.25, 0.3) is 0 Å². The molecular weight excluding hydrogens is 228 g/mol. The van der Waals surface area contributed by atoms with Crippen LogP contribution in [0.15, 0.2) is 24.3 Å². The molecule has 1 aromatic rings.